The number of carbonyl (C=O) groups is 2. The summed E-state index contributed by atoms with van der Waals surface area (Å²) >= 11 is 0. The highest BCUT2D eigenvalue weighted by Gasteiger charge is 2.27. The molecule has 0 bridgehead atoms. The highest BCUT2D eigenvalue weighted by Crippen LogP contribution is 2.43. The van der Waals surface area contributed by atoms with Gasteiger partial charge in [0.2, 0.25) is 0 Å². The highest BCUT2D eigenvalue weighted by atomic mass is 31.2. The molecule has 11 heteroatoms. The van der Waals surface area contributed by atoms with Crippen LogP contribution in [0.15, 0.2) is 12.2 Å². The number of aliphatic hydroxyl groups is 2. The minimum absolute atomic E-state index is 0.183. The van der Waals surface area contributed by atoms with E-state index in [1.807, 2.05) is 0 Å². The molecule has 53 heavy (non-hydrogen) atoms. The largest absolute Gasteiger partial charge is 0.472 e. The summed E-state index contributed by atoms with van der Waals surface area (Å²) < 4.78 is 32.7. The first-order valence-corrected chi connectivity index (χ1v) is 23.1. The molecule has 1 unspecified atom stereocenters. The summed E-state index contributed by atoms with van der Waals surface area (Å²) in [4.78, 5) is 34.9. The smallest absolute Gasteiger partial charge is 0.462 e. The Bertz CT molecular complexity index is 899. The maximum absolute atomic E-state index is 12.6. The zero-order valence-corrected chi connectivity index (χ0v) is 34.9. The summed E-state index contributed by atoms with van der Waals surface area (Å²) in [6.07, 6.45) is 36.0. The van der Waals surface area contributed by atoms with Gasteiger partial charge >= 0.3 is 19.8 Å². The molecule has 0 heterocycles. The van der Waals surface area contributed by atoms with Gasteiger partial charge in [0, 0.05) is 12.8 Å². The minimum Gasteiger partial charge on any atom is -0.462 e. The van der Waals surface area contributed by atoms with Gasteiger partial charge in [0.1, 0.15) is 12.7 Å². The van der Waals surface area contributed by atoms with Crippen LogP contribution in [-0.2, 0) is 32.7 Å². The number of aliphatic hydroxyl groups excluding tert-OH is 2. The zero-order chi connectivity index (χ0) is 39.1. The van der Waals surface area contributed by atoms with E-state index in [0.717, 1.165) is 44.9 Å². The minimum atomic E-state index is -4.61. The normalized spacial score (nSPS) is 14.0. The standard InChI is InChI=1S/C42H81O10P/c1-3-5-7-9-11-13-15-17-18-19-20-22-24-26-28-30-32-34-42(46)52-40(38-51-53(47,48)50-36-39(44)35-43)37-49-41(45)33-31-29-27-25-23-21-16-14-12-10-8-6-4-2/h17-18,39-40,43-44H,3-16,19-38H2,1-2H3,(H,47,48)/b18-17+/t39-,40+/m0/s1. The molecule has 0 rings (SSSR count). The third-order valence-electron chi connectivity index (χ3n) is 9.42. The van der Waals surface area contributed by atoms with Gasteiger partial charge in [-0.2, -0.15) is 0 Å². The average molecular weight is 777 g/mol. The predicted octanol–water partition coefficient (Wildman–Crippen LogP) is 11.2. The van der Waals surface area contributed by atoms with E-state index in [4.69, 9.17) is 19.1 Å². The maximum Gasteiger partial charge on any atom is 0.472 e. The van der Waals surface area contributed by atoms with E-state index in [1.54, 1.807) is 0 Å². The summed E-state index contributed by atoms with van der Waals surface area (Å²) in [6, 6.07) is 0. The van der Waals surface area contributed by atoms with Crippen molar-refractivity contribution in [1.29, 1.82) is 0 Å². The number of phosphoric acid groups is 1. The van der Waals surface area contributed by atoms with E-state index in [1.165, 1.54) is 122 Å². The number of allylic oxidation sites excluding steroid dienone is 2. The van der Waals surface area contributed by atoms with Crippen molar-refractivity contribution in [3.05, 3.63) is 12.2 Å². The van der Waals surface area contributed by atoms with Gasteiger partial charge in [-0.05, 0) is 38.5 Å². The fourth-order valence-electron chi connectivity index (χ4n) is 6.05. The SMILES string of the molecule is CCCCCCCC/C=C/CCCCCCCCCC(=O)O[C@H](COC(=O)CCCCCCCCCCCCCCC)COP(=O)(O)OC[C@@H](O)CO. The summed E-state index contributed by atoms with van der Waals surface area (Å²) in [6.45, 7) is 2.39. The molecule has 0 aromatic rings. The van der Waals surface area contributed by atoms with Crippen LogP contribution in [-0.4, -0.2) is 65.7 Å². The number of ether oxygens (including phenoxy) is 2. The van der Waals surface area contributed by atoms with Crippen LogP contribution < -0.4 is 0 Å². The molecule has 0 saturated heterocycles. The van der Waals surface area contributed by atoms with E-state index >= 15 is 0 Å². The number of hydrogen-bond acceptors (Lipinski definition) is 9. The average Bonchev–Trinajstić information content (AvgIpc) is 3.14. The fourth-order valence-corrected chi connectivity index (χ4v) is 6.84. The molecule has 0 aliphatic heterocycles. The van der Waals surface area contributed by atoms with Crippen LogP contribution in [0, 0.1) is 0 Å². The predicted molar refractivity (Wildman–Crippen MR) is 215 cm³/mol. The lowest BCUT2D eigenvalue weighted by Crippen LogP contribution is -2.29. The lowest BCUT2D eigenvalue weighted by Gasteiger charge is -2.20. The molecule has 0 aliphatic carbocycles. The van der Waals surface area contributed by atoms with Crippen molar-refractivity contribution in [3.8, 4) is 0 Å². The topological polar surface area (TPSA) is 149 Å². The Hall–Kier alpha value is -1.29. The van der Waals surface area contributed by atoms with Gasteiger partial charge in [0.25, 0.3) is 0 Å². The number of hydrogen-bond donors (Lipinski definition) is 3. The van der Waals surface area contributed by atoms with Crippen LogP contribution >= 0.6 is 7.82 Å². The number of phosphoric ester groups is 1. The van der Waals surface area contributed by atoms with Crippen molar-refractivity contribution in [1.82, 2.24) is 0 Å². The zero-order valence-electron chi connectivity index (χ0n) is 34.0. The summed E-state index contributed by atoms with van der Waals surface area (Å²) in [7, 11) is -4.61. The second-order valence-corrected chi connectivity index (χ2v) is 16.2. The molecule has 0 radical (unpaired) electrons. The molecule has 3 N–H and O–H groups in total. The number of unbranched alkanes of at least 4 members (excludes halogenated alkanes) is 25. The Morgan fingerprint density at radius 1 is 0.547 bits per heavy atom. The monoisotopic (exact) mass is 777 g/mol. The molecule has 10 nitrogen and oxygen atoms in total. The maximum atomic E-state index is 12.6. The van der Waals surface area contributed by atoms with Gasteiger partial charge in [-0.15, -0.1) is 0 Å². The second kappa shape index (κ2) is 39.0. The van der Waals surface area contributed by atoms with Crippen molar-refractivity contribution >= 4 is 19.8 Å². The Kier molecular flexibility index (Phi) is 38.0. The van der Waals surface area contributed by atoms with Gasteiger partial charge < -0.3 is 24.6 Å². The van der Waals surface area contributed by atoms with Crippen LogP contribution in [0.2, 0.25) is 0 Å². The van der Waals surface area contributed by atoms with Crippen LogP contribution in [0.5, 0.6) is 0 Å². The van der Waals surface area contributed by atoms with Crippen LogP contribution in [0.4, 0.5) is 0 Å². The summed E-state index contributed by atoms with van der Waals surface area (Å²) in [5.74, 6) is -0.920. The molecule has 0 aromatic heterocycles. The molecule has 0 aromatic carbocycles. The van der Waals surface area contributed by atoms with Gasteiger partial charge in [-0.3, -0.25) is 18.6 Å². The summed E-state index contributed by atoms with van der Waals surface area (Å²) in [5, 5.41) is 18.3. The second-order valence-electron chi connectivity index (χ2n) is 14.7. The van der Waals surface area contributed by atoms with Crippen molar-refractivity contribution in [2.75, 3.05) is 26.4 Å². The molecule has 0 aliphatic rings. The quantitative estimate of drug-likeness (QED) is 0.0237. The molecular weight excluding hydrogens is 695 g/mol. The first kappa shape index (κ1) is 51.7. The first-order chi connectivity index (χ1) is 25.7. The van der Waals surface area contributed by atoms with Crippen LogP contribution in [0.25, 0.3) is 0 Å². The third kappa shape index (κ3) is 38.8. The molecule has 0 fully saturated rings. The van der Waals surface area contributed by atoms with Gasteiger partial charge in [0.05, 0.1) is 19.8 Å². The van der Waals surface area contributed by atoms with Crippen LogP contribution in [0.3, 0.4) is 0 Å². The third-order valence-corrected chi connectivity index (χ3v) is 10.4. The molecule has 0 saturated carbocycles. The van der Waals surface area contributed by atoms with E-state index in [9.17, 15) is 24.2 Å². The number of esters is 2. The van der Waals surface area contributed by atoms with Crippen LogP contribution in [0.1, 0.15) is 206 Å². The Morgan fingerprint density at radius 3 is 1.36 bits per heavy atom. The van der Waals surface area contributed by atoms with E-state index in [0.29, 0.717) is 12.8 Å². The highest BCUT2D eigenvalue weighted by molar-refractivity contribution is 7.47. The Balaban J connectivity index is 4.27. The number of rotatable bonds is 41. The van der Waals surface area contributed by atoms with E-state index < -0.39 is 51.8 Å². The number of carbonyl (C=O) groups excluding carboxylic acids is 2. The Morgan fingerprint density at radius 2 is 0.925 bits per heavy atom. The molecule has 3 atom stereocenters. The first-order valence-electron chi connectivity index (χ1n) is 21.6. The summed E-state index contributed by atoms with van der Waals surface area (Å²) in [5.41, 5.74) is 0. The van der Waals surface area contributed by atoms with Crippen molar-refractivity contribution in [2.24, 2.45) is 0 Å². The van der Waals surface area contributed by atoms with Gasteiger partial charge in [-0.25, -0.2) is 4.57 Å². The molecule has 0 amide bonds. The lowest BCUT2D eigenvalue weighted by molar-refractivity contribution is -0.161. The van der Waals surface area contributed by atoms with Gasteiger partial charge in [0.15, 0.2) is 6.10 Å². The van der Waals surface area contributed by atoms with Crippen molar-refractivity contribution < 1.29 is 47.8 Å². The van der Waals surface area contributed by atoms with E-state index in [2.05, 4.69) is 30.5 Å². The fraction of sp³-hybridized carbons (Fsp3) is 0.905. The van der Waals surface area contributed by atoms with Crippen molar-refractivity contribution in [2.45, 2.75) is 219 Å². The van der Waals surface area contributed by atoms with Gasteiger partial charge in [-0.1, -0.05) is 167 Å². The lowest BCUT2D eigenvalue weighted by atomic mass is 10.0. The van der Waals surface area contributed by atoms with E-state index in [-0.39, 0.29) is 19.4 Å². The molecule has 0 spiro atoms. The molecular formula is C42H81O10P. The van der Waals surface area contributed by atoms with Crippen molar-refractivity contribution in [3.63, 3.8) is 0 Å². The Labute approximate surface area is 324 Å². The molecule has 314 valence electrons.